The van der Waals surface area contributed by atoms with Gasteiger partial charge < -0.3 is 10.2 Å². The first-order valence-electron chi connectivity index (χ1n) is 5.05. The van der Waals surface area contributed by atoms with Crippen LogP contribution in [0.1, 0.15) is 17.6 Å². The first kappa shape index (κ1) is 11.1. The molecule has 0 aliphatic carbocycles. The molecule has 0 aromatic carbocycles. The van der Waals surface area contributed by atoms with Gasteiger partial charge in [-0.15, -0.1) is 11.3 Å². The van der Waals surface area contributed by atoms with Crippen LogP contribution in [0.2, 0.25) is 0 Å². The summed E-state index contributed by atoms with van der Waals surface area (Å²) in [4.78, 5) is 28.9. The summed E-state index contributed by atoms with van der Waals surface area (Å²) in [5.74, 6) is -0.159. The molecule has 1 atom stereocenters. The summed E-state index contributed by atoms with van der Waals surface area (Å²) in [6.45, 7) is 4.16. The maximum absolute atomic E-state index is 11.8. The zero-order valence-electron chi connectivity index (χ0n) is 9.19. The van der Waals surface area contributed by atoms with Gasteiger partial charge in [0, 0.05) is 11.1 Å². The first-order chi connectivity index (χ1) is 7.56. The van der Waals surface area contributed by atoms with E-state index in [1.54, 1.807) is 11.8 Å². The highest BCUT2D eigenvalue weighted by molar-refractivity contribution is 7.09. The molecule has 1 aliphatic heterocycles. The second-order valence-corrected chi connectivity index (χ2v) is 4.81. The highest BCUT2D eigenvalue weighted by Gasteiger charge is 2.29. The summed E-state index contributed by atoms with van der Waals surface area (Å²) in [6, 6.07) is -0.428. The molecule has 1 aliphatic rings. The number of thiazole rings is 1. The molecule has 86 valence electrons. The standard InChI is InChI=1S/C10H13N3O2S/c1-6-5-16-9(11-6)4-13-3-8(14)12-7(2)10(13)15/h5,7H,3-4H2,1-2H3,(H,12,14). The molecule has 1 fully saturated rings. The Kier molecular flexibility index (Phi) is 2.91. The average Bonchev–Trinajstić information content (AvgIpc) is 2.60. The summed E-state index contributed by atoms with van der Waals surface area (Å²) >= 11 is 1.51. The Morgan fingerprint density at radius 1 is 1.62 bits per heavy atom. The Morgan fingerprint density at radius 3 is 3.00 bits per heavy atom. The minimum absolute atomic E-state index is 0.0487. The van der Waals surface area contributed by atoms with Crippen molar-refractivity contribution in [3.8, 4) is 0 Å². The molecule has 2 heterocycles. The van der Waals surface area contributed by atoms with Crippen molar-refractivity contribution in [3.63, 3.8) is 0 Å². The number of nitrogens with one attached hydrogen (secondary N) is 1. The average molecular weight is 239 g/mol. The summed E-state index contributed by atoms with van der Waals surface area (Å²) in [7, 11) is 0. The number of hydrogen-bond donors (Lipinski definition) is 1. The normalized spacial score (nSPS) is 21.1. The smallest absolute Gasteiger partial charge is 0.245 e. The van der Waals surface area contributed by atoms with Gasteiger partial charge in [-0.2, -0.15) is 0 Å². The van der Waals surface area contributed by atoms with Crippen molar-refractivity contribution in [1.29, 1.82) is 0 Å². The molecular weight excluding hydrogens is 226 g/mol. The van der Waals surface area contributed by atoms with Crippen molar-refractivity contribution < 1.29 is 9.59 Å². The van der Waals surface area contributed by atoms with Gasteiger partial charge in [0.15, 0.2) is 0 Å². The summed E-state index contributed by atoms with van der Waals surface area (Å²) in [5, 5.41) is 5.41. The number of piperazine rings is 1. The quantitative estimate of drug-likeness (QED) is 0.807. The number of amides is 2. The van der Waals surface area contributed by atoms with Crippen molar-refractivity contribution in [2.24, 2.45) is 0 Å². The van der Waals surface area contributed by atoms with Crippen molar-refractivity contribution in [3.05, 3.63) is 16.1 Å². The van der Waals surface area contributed by atoms with Crippen LogP contribution >= 0.6 is 11.3 Å². The van der Waals surface area contributed by atoms with Crippen LogP contribution in [0.25, 0.3) is 0 Å². The lowest BCUT2D eigenvalue weighted by Crippen LogP contribution is -2.56. The SMILES string of the molecule is Cc1csc(CN2CC(=O)NC(C)C2=O)n1. The molecule has 1 saturated heterocycles. The number of carbonyl (C=O) groups is 2. The van der Waals surface area contributed by atoms with Crippen LogP contribution in [0.4, 0.5) is 0 Å². The van der Waals surface area contributed by atoms with E-state index in [0.717, 1.165) is 10.7 Å². The molecule has 5 nitrogen and oxygen atoms in total. The molecule has 2 amide bonds. The van der Waals surface area contributed by atoms with E-state index < -0.39 is 6.04 Å². The van der Waals surface area contributed by atoms with E-state index in [9.17, 15) is 9.59 Å². The largest absolute Gasteiger partial charge is 0.343 e. The molecule has 0 spiro atoms. The fraction of sp³-hybridized carbons (Fsp3) is 0.500. The molecule has 1 unspecified atom stereocenters. The monoisotopic (exact) mass is 239 g/mol. The van der Waals surface area contributed by atoms with Gasteiger partial charge in [-0.05, 0) is 13.8 Å². The maximum atomic E-state index is 11.8. The minimum Gasteiger partial charge on any atom is -0.343 e. The molecule has 0 saturated carbocycles. The third-order valence-electron chi connectivity index (χ3n) is 2.39. The Hall–Kier alpha value is -1.43. The Balaban J connectivity index is 2.08. The predicted octanol–water partition coefficient (Wildman–Crippen LogP) is 0.298. The van der Waals surface area contributed by atoms with E-state index in [4.69, 9.17) is 0 Å². The molecule has 1 aromatic rings. The van der Waals surface area contributed by atoms with Crippen LogP contribution in [0.5, 0.6) is 0 Å². The Labute approximate surface area is 97.5 Å². The van der Waals surface area contributed by atoms with Gasteiger partial charge in [-0.1, -0.05) is 0 Å². The van der Waals surface area contributed by atoms with Gasteiger partial charge in [0.1, 0.15) is 17.6 Å². The molecule has 2 rings (SSSR count). The third kappa shape index (κ3) is 2.21. The summed E-state index contributed by atoms with van der Waals surface area (Å²) in [6.07, 6.45) is 0. The fourth-order valence-corrected chi connectivity index (χ4v) is 2.43. The van der Waals surface area contributed by atoms with Gasteiger partial charge >= 0.3 is 0 Å². The number of rotatable bonds is 2. The highest BCUT2D eigenvalue weighted by Crippen LogP contribution is 2.13. The molecule has 0 bridgehead atoms. The van der Waals surface area contributed by atoms with Crippen LogP contribution in [-0.2, 0) is 16.1 Å². The van der Waals surface area contributed by atoms with E-state index in [-0.39, 0.29) is 18.4 Å². The lowest BCUT2D eigenvalue weighted by atomic mass is 10.2. The first-order valence-corrected chi connectivity index (χ1v) is 5.93. The van der Waals surface area contributed by atoms with E-state index in [0.29, 0.717) is 6.54 Å². The Morgan fingerprint density at radius 2 is 2.38 bits per heavy atom. The number of hydrogen-bond acceptors (Lipinski definition) is 4. The van der Waals surface area contributed by atoms with Crippen LogP contribution in [0.3, 0.4) is 0 Å². The predicted molar refractivity (Wildman–Crippen MR) is 59.9 cm³/mol. The molecule has 1 N–H and O–H groups in total. The van der Waals surface area contributed by atoms with Crippen LogP contribution in [0.15, 0.2) is 5.38 Å². The Bertz CT molecular complexity index is 429. The van der Waals surface area contributed by atoms with Crippen LogP contribution < -0.4 is 5.32 Å². The van der Waals surface area contributed by atoms with E-state index in [2.05, 4.69) is 10.3 Å². The van der Waals surface area contributed by atoms with Crippen LogP contribution in [0, 0.1) is 6.92 Å². The van der Waals surface area contributed by atoms with E-state index >= 15 is 0 Å². The number of aryl methyl sites for hydroxylation is 1. The molecule has 1 aromatic heterocycles. The van der Waals surface area contributed by atoms with Gasteiger partial charge in [0.25, 0.3) is 0 Å². The molecule has 6 heteroatoms. The minimum atomic E-state index is -0.428. The lowest BCUT2D eigenvalue weighted by Gasteiger charge is -2.30. The topological polar surface area (TPSA) is 62.3 Å². The van der Waals surface area contributed by atoms with Crippen molar-refractivity contribution in [2.45, 2.75) is 26.4 Å². The lowest BCUT2D eigenvalue weighted by molar-refractivity contribution is -0.144. The van der Waals surface area contributed by atoms with Gasteiger partial charge in [0.2, 0.25) is 11.8 Å². The summed E-state index contributed by atoms with van der Waals surface area (Å²) < 4.78 is 0. The van der Waals surface area contributed by atoms with Crippen molar-refractivity contribution in [1.82, 2.24) is 15.2 Å². The van der Waals surface area contributed by atoms with E-state index in [1.807, 2.05) is 12.3 Å². The number of aromatic nitrogens is 1. The second-order valence-electron chi connectivity index (χ2n) is 3.87. The fourth-order valence-electron chi connectivity index (χ4n) is 1.65. The molecule has 16 heavy (non-hydrogen) atoms. The zero-order chi connectivity index (χ0) is 11.7. The second kappa shape index (κ2) is 4.21. The summed E-state index contributed by atoms with van der Waals surface area (Å²) in [5.41, 5.74) is 0.946. The molecular formula is C10H13N3O2S. The molecule has 0 radical (unpaired) electrons. The third-order valence-corrected chi connectivity index (χ3v) is 3.34. The van der Waals surface area contributed by atoms with Gasteiger partial charge in [-0.25, -0.2) is 4.98 Å². The maximum Gasteiger partial charge on any atom is 0.245 e. The zero-order valence-corrected chi connectivity index (χ0v) is 10.0. The number of carbonyl (C=O) groups excluding carboxylic acids is 2. The number of nitrogens with zero attached hydrogens (tertiary/aromatic N) is 2. The van der Waals surface area contributed by atoms with Gasteiger partial charge in [0.05, 0.1) is 6.54 Å². The van der Waals surface area contributed by atoms with Crippen molar-refractivity contribution >= 4 is 23.2 Å². The van der Waals surface area contributed by atoms with Crippen molar-refractivity contribution in [2.75, 3.05) is 6.54 Å². The van der Waals surface area contributed by atoms with E-state index in [1.165, 1.54) is 11.3 Å². The van der Waals surface area contributed by atoms with Crippen LogP contribution in [-0.4, -0.2) is 34.3 Å². The van der Waals surface area contributed by atoms with Gasteiger partial charge in [-0.3, -0.25) is 9.59 Å². The highest BCUT2D eigenvalue weighted by atomic mass is 32.1.